The van der Waals surface area contributed by atoms with Gasteiger partial charge in [0.15, 0.2) is 0 Å². The Morgan fingerprint density at radius 3 is 2.58 bits per heavy atom. The number of benzene rings is 1. The molecule has 1 N–H and O–H groups in total. The van der Waals surface area contributed by atoms with Crippen LogP contribution in [0.5, 0.6) is 0 Å². The Kier molecular flexibility index (Phi) is 6.92. The smallest absolute Gasteiger partial charge is 0.475 e. The molecule has 0 radical (unpaired) electrons. The number of halogens is 3. The molecule has 2 saturated heterocycles. The third-order valence-corrected chi connectivity index (χ3v) is 7.01. The first kappa shape index (κ1) is 23.5. The number of aliphatic carboxylic acids is 1. The van der Waals surface area contributed by atoms with Crippen molar-refractivity contribution in [2.24, 2.45) is 11.3 Å². The van der Waals surface area contributed by atoms with Crippen LogP contribution in [0, 0.1) is 11.3 Å². The van der Waals surface area contributed by atoms with Crippen LogP contribution >= 0.6 is 11.3 Å². The number of methoxy groups -OCH3 is 1. The maximum atomic E-state index is 13.0. The summed E-state index contributed by atoms with van der Waals surface area (Å²) in [6.07, 6.45) is -4.00. The molecule has 170 valence electrons. The van der Waals surface area contributed by atoms with Crippen LogP contribution in [0.4, 0.5) is 13.2 Å². The Morgan fingerprint density at radius 2 is 1.97 bits per heavy atom. The van der Waals surface area contributed by atoms with E-state index in [-0.39, 0.29) is 11.3 Å². The first-order chi connectivity index (χ1) is 14.6. The Balaban J connectivity index is 0.000000339. The number of thiophene rings is 1. The molecule has 4 rings (SSSR count). The van der Waals surface area contributed by atoms with Crippen molar-refractivity contribution >= 4 is 33.3 Å². The van der Waals surface area contributed by atoms with Crippen LogP contribution in [-0.2, 0) is 9.53 Å². The van der Waals surface area contributed by atoms with Gasteiger partial charge < -0.3 is 19.6 Å². The molecule has 3 heterocycles. The van der Waals surface area contributed by atoms with Crippen LogP contribution in [0.3, 0.4) is 0 Å². The van der Waals surface area contributed by atoms with Crippen molar-refractivity contribution in [1.82, 2.24) is 9.80 Å². The summed E-state index contributed by atoms with van der Waals surface area (Å²) >= 11 is 1.61. The highest BCUT2D eigenvalue weighted by molar-refractivity contribution is 7.20. The number of carbonyl (C=O) groups is 2. The number of likely N-dealkylation sites (tertiary alicyclic amines) is 2. The lowest BCUT2D eigenvalue weighted by atomic mass is 9.78. The molecule has 1 amide bonds. The fourth-order valence-corrected chi connectivity index (χ4v) is 5.54. The van der Waals surface area contributed by atoms with Crippen LogP contribution in [0.25, 0.3) is 10.1 Å². The van der Waals surface area contributed by atoms with Crippen LogP contribution in [-0.4, -0.2) is 79.9 Å². The minimum absolute atomic E-state index is 0.193. The second kappa shape index (κ2) is 9.13. The average molecular weight is 459 g/mol. The van der Waals surface area contributed by atoms with Crippen molar-refractivity contribution in [3.05, 3.63) is 35.2 Å². The Morgan fingerprint density at radius 1 is 1.29 bits per heavy atom. The molecule has 2 atom stereocenters. The zero-order chi connectivity index (χ0) is 22.8. The molecule has 31 heavy (non-hydrogen) atoms. The molecule has 0 bridgehead atoms. The number of alkyl halides is 3. The molecule has 1 aromatic heterocycles. The number of amides is 1. The van der Waals surface area contributed by atoms with Gasteiger partial charge in [0.2, 0.25) is 0 Å². The summed E-state index contributed by atoms with van der Waals surface area (Å²) in [7, 11) is 3.95. The lowest BCUT2D eigenvalue weighted by Crippen LogP contribution is -2.37. The molecule has 10 heteroatoms. The van der Waals surface area contributed by atoms with Gasteiger partial charge in [0.05, 0.1) is 11.5 Å². The van der Waals surface area contributed by atoms with Gasteiger partial charge in [0.25, 0.3) is 5.91 Å². The monoisotopic (exact) mass is 458 g/mol. The first-order valence-electron chi connectivity index (χ1n) is 9.81. The molecule has 2 aliphatic heterocycles. The zero-order valence-electron chi connectivity index (χ0n) is 17.3. The van der Waals surface area contributed by atoms with E-state index in [1.54, 1.807) is 18.4 Å². The van der Waals surface area contributed by atoms with Crippen molar-refractivity contribution in [3.63, 3.8) is 0 Å². The number of hydrogen-bond acceptors (Lipinski definition) is 5. The van der Waals surface area contributed by atoms with Gasteiger partial charge in [-0.15, -0.1) is 11.3 Å². The van der Waals surface area contributed by atoms with Gasteiger partial charge in [0, 0.05) is 49.3 Å². The third kappa shape index (κ3) is 5.19. The predicted molar refractivity (Wildman–Crippen MR) is 111 cm³/mol. The molecule has 0 aliphatic carbocycles. The number of carboxylic acid groups (broad SMARTS) is 1. The number of ether oxygens (including phenoxy) is 1. The number of rotatable bonds is 3. The van der Waals surface area contributed by atoms with Crippen molar-refractivity contribution in [3.8, 4) is 0 Å². The normalized spacial score (nSPS) is 23.9. The van der Waals surface area contributed by atoms with Crippen molar-refractivity contribution < 1.29 is 32.6 Å². The van der Waals surface area contributed by atoms with Crippen molar-refractivity contribution in [1.29, 1.82) is 0 Å². The summed E-state index contributed by atoms with van der Waals surface area (Å²) < 4.78 is 38.4. The number of carbonyl (C=O) groups excluding carboxylic acids is 1. The molecule has 1 aromatic carbocycles. The van der Waals surface area contributed by atoms with E-state index >= 15 is 0 Å². The van der Waals surface area contributed by atoms with Crippen LogP contribution in [0.15, 0.2) is 30.3 Å². The number of carboxylic acids is 1. The highest BCUT2D eigenvalue weighted by atomic mass is 32.1. The van der Waals surface area contributed by atoms with Gasteiger partial charge >= 0.3 is 12.1 Å². The summed E-state index contributed by atoms with van der Waals surface area (Å²) in [5.41, 5.74) is 0.205. The van der Waals surface area contributed by atoms with E-state index < -0.39 is 12.1 Å². The first-order valence-corrected chi connectivity index (χ1v) is 10.6. The highest BCUT2D eigenvalue weighted by Crippen LogP contribution is 2.44. The predicted octanol–water partition coefficient (Wildman–Crippen LogP) is 3.57. The maximum Gasteiger partial charge on any atom is 0.490 e. The molecular formula is C21H25F3N2O4S. The molecule has 2 aliphatic rings. The van der Waals surface area contributed by atoms with E-state index in [0.717, 1.165) is 49.5 Å². The van der Waals surface area contributed by atoms with E-state index in [0.29, 0.717) is 5.92 Å². The molecule has 6 nitrogen and oxygen atoms in total. The second-order valence-corrected chi connectivity index (χ2v) is 9.22. The van der Waals surface area contributed by atoms with E-state index in [1.807, 2.05) is 18.2 Å². The summed E-state index contributed by atoms with van der Waals surface area (Å²) in [5.74, 6) is -2.04. The number of hydrogen-bond donors (Lipinski definition) is 1. The van der Waals surface area contributed by atoms with Crippen LogP contribution in [0.2, 0.25) is 0 Å². The molecule has 2 fully saturated rings. The highest BCUT2D eigenvalue weighted by Gasteiger charge is 2.50. The van der Waals surface area contributed by atoms with Gasteiger partial charge in [-0.05, 0) is 31.0 Å². The summed E-state index contributed by atoms with van der Waals surface area (Å²) in [4.78, 5) is 27.2. The van der Waals surface area contributed by atoms with E-state index in [4.69, 9.17) is 14.6 Å². The van der Waals surface area contributed by atoms with Gasteiger partial charge in [-0.25, -0.2) is 4.79 Å². The summed E-state index contributed by atoms with van der Waals surface area (Å²) in [5, 5.41) is 8.29. The molecular weight excluding hydrogens is 433 g/mol. The van der Waals surface area contributed by atoms with Crippen molar-refractivity contribution in [2.75, 3.05) is 46.9 Å². The van der Waals surface area contributed by atoms with Gasteiger partial charge in [-0.3, -0.25) is 4.79 Å². The Labute approximate surface area is 182 Å². The van der Waals surface area contributed by atoms with E-state index in [1.165, 1.54) is 4.70 Å². The standard InChI is InChI=1S/C19H24N2O2S.C2HF3O2/c1-20-10-15(11-23-2)19(12-20)7-8-21(13-19)18(22)17-9-14-5-3-4-6-16(14)24-17;3-2(4,5)1(6)7/h3-6,9,15H,7-8,10-13H2,1-2H3;(H,6,7)/t15-,19+;/m0./s1. The van der Waals surface area contributed by atoms with Crippen LogP contribution < -0.4 is 0 Å². The fraction of sp³-hybridized carbons (Fsp3) is 0.524. The van der Waals surface area contributed by atoms with Gasteiger partial charge in [-0.2, -0.15) is 13.2 Å². The lowest BCUT2D eigenvalue weighted by molar-refractivity contribution is -0.192. The molecule has 0 unspecified atom stereocenters. The topological polar surface area (TPSA) is 70.1 Å². The third-order valence-electron chi connectivity index (χ3n) is 5.90. The average Bonchev–Trinajstić information content (AvgIpc) is 3.39. The SMILES string of the molecule is COC[C@@H]1CN(C)C[C@@]12CCN(C(=O)c1cc3ccccc3s1)C2.O=C(O)C(F)(F)F. The maximum absolute atomic E-state index is 13.0. The lowest BCUT2D eigenvalue weighted by Gasteiger charge is -2.29. The van der Waals surface area contributed by atoms with Crippen LogP contribution in [0.1, 0.15) is 16.1 Å². The van der Waals surface area contributed by atoms with Gasteiger partial charge in [0.1, 0.15) is 0 Å². The molecule has 0 saturated carbocycles. The second-order valence-electron chi connectivity index (χ2n) is 8.14. The molecule has 2 aromatic rings. The zero-order valence-corrected chi connectivity index (χ0v) is 18.1. The Hall–Kier alpha value is -2.17. The summed E-state index contributed by atoms with van der Waals surface area (Å²) in [6.45, 7) is 4.64. The minimum Gasteiger partial charge on any atom is -0.475 e. The fourth-order valence-electron chi connectivity index (χ4n) is 4.51. The van der Waals surface area contributed by atoms with E-state index in [9.17, 15) is 18.0 Å². The molecule has 1 spiro atoms. The number of fused-ring (bicyclic) bond motifs is 1. The minimum atomic E-state index is -5.08. The Bertz CT molecular complexity index is 915. The largest absolute Gasteiger partial charge is 0.490 e. The number of nitrogens with zero attached hydrogens (tertiary/aromatic N) is 2. The van der Waals surface area contributed by atoms with Crippen molar-refractivity contribution in [2.45, 2.75) is 12.6 Å². The summed E-state index contributed by atoms with van der Waals surface area (Å²) in [6, 6.07) is 10.3. The quantitative estimate of drug-likeness (QED) is 0.762. The van der Waals surface area contributed by atoms with Gasteiger partial charge in [-0.1, -0.05) is 18.2 Å². The van der Waals surface area contributed by atoms with E-state index in [2.05, 4.69) is 29.0 Å².